The maximum Gasteiger partial charge on any atom is 0.339 e. The van der Waals surface area contributed by atoms with Crippen molar-refractivity contribution in [3.63, 3.8) is 0 Å². The van der Waals surface area contributed by atoms with E-state index in [1.165, 1.54) is 17.3 Å². The number of carbonyl (C=O) groups is 2. The maximum absolute atomic E-state index is 12.9. The molecule has 0 N–H and O–H groups in total. The SMILES string of the molecule is O=C(OCc1cc(Cl)cc2c1OCOC2)c1ccccc1SCC(=O)N1CCc2ccccc21. The van der Waals surface area contributed by atoms with Gasteiger partial charge in [-0.1, -0.05) is 41.9 Å². The molecule has 3 aromatic rings. The van der Waals surface area contributed by atoms with Gasteiger partial charge in [0, 0.05) is 33.3 Å². The van der Waals surface area contributed by atoms with Crippen LogP contribution in [0.15, 0.2) is 65.6 Å². The molecule has 0 spiro atoms. The molecule has 174 valence electrons. The number of thioether (sulfide) groups is 1. The number of esters is 1. The highest BCUT2D eigenvalue weighted by molar-refractivity contribution is 8.00. The summed E-state index contributed by atoms with van der Waals surface area (Å²) in [6.45, 7) is 1.24. The second-order valence-electron chi connectivity index (χ2n) is 7.95. The average Bonchev–Trinajstić information content (AvgIpc) is 3.30. The van der Waals surface area contributed by atoms with E-state index in [1.54, 1.807) is 24.3 Å². The van der Waals surface area contributed by atoms with Crippen molar-refractivity contribution in [1.29, 1.82) is 0 Å². The van der Waals surface area contributed by atoms with Crippen LogP contribution >= 0.6 is 23.4 Å². The number of halogens is 1. The third-order valence-electron chi connectivity index (χ3n) is 5.76. The second kappa shape index (κ2) is 10.1. The molecule has 1 amide bonds. The molecule has 0 saturated carbocycles. The van der Waals surface area contributed by atoms with Crippen molar-refractivity contribution in [2.45, 2.75) is 24.5 Å². The fourth-order valence-electron chi connectivity index (χ4n) is 4.16. The molecule has 3 aromatic carbocycles. The van der Waals surface area contributed by atoms with Crippen LogP contribution in [-0.2, 0) is 33.9 Å². The zero-order chi connectivity index (χ0) is 23.5. The number of amides is 1. The fourth-order valence-corrected chi connectivity index (χ4v) is 5.34. The predicted molar refractivity (Wildman–Crippen MR) is 131 cm³/mol. The van der Waals surface area contributed by atoms with Crippen molar-refractivity contribution in [3.05, 3.63) is 87.9 Å². The number of ether oxygens (including phenoxy) is 3. The van der Waals surface area contributed by atoms with Gasteiger partial charge in [-0.3, -0.25) is 4.79 Å². The monoisotopic (exact) mass is 495 g/mol. The van der Waals surface area contributed by atoms with Crippen LogP contribution in [0.5, 0.6) is 5.75 Å². The lowest BCUT2D eigenvalue weighted by atomic mass is 10.1. The van der Waals surface area contributed by atoms with Crippen molar-refractivity contribution < 1.29 is 23.8 Å². The minimum absolute atomic E-state index is 0.0167. The van der Waals surface area contributed by atoms with Gasteiger partial charge < -0.3 is 19.1 Å². The third kappa shape index (κ3) is 4.78. The number of anilines is 1. The number of rotatable bonds is 6. The summed E-state index contributed by atoms with van der Waals surface area (Å²) >= 11 is 7.54. The smallest absolute Gasteiger partial charge is 0.339 e. The highest BCUT2D eigenvalue weighted by atomic mass is 35.5. The van der Waals surface area contributed by atoms with E-state index < -0.39 is 5.97 Å². The van der Waals surface area contributed by atoms with E-state index in [2.05, 4.69) is 6.07 Å². The molecule has 2 heterocycles. The Kier molecular flexibility index (Phi) is 6.76. The lowest BCUT2D eigenvalue weighted by Crippen LogP contribution is -2.30. The molecule has 0 radical (unpaired) electrons. The molecule has 0 aromatic heterocycles. The number of para-hydroxylation sites is 1. The Morgan fingerprint density at radius 2 is 1.88 bits per heavy atom. The number of hydrogen-bond donors (Lipinski definition) is 0. The van der Waals surface area contributed by atoms with Gasteiger partial charge in [0.15, 0.2) is 6.79 Å². The van der Waals surface area contributed by atoms with E-state index in [-0.39, 0.29) is 25.1 Å². The molecular formula is C26H22ClNO5S. The van der Waals surface area contributed by atoms with Gasteiger partial charge in [-0.25, -0.2) is 4.79 Å². The third-order valence-corrected chi connectivity index (χ3v) is 7.03. The van der Waals surface area contributed by atoms with Crippen LogP contribution in [0.1, 0.15) is 27.0 Å². The van der Waals surface area contributed by atoms with E-state index in [0.29, 0.717) is 39.9 Å². The molecule has 0 aliphatic carbocycles. The highest BCUT2D eigenvalue weighted by Crippen LogP contribution is 2.33. The van der Waals surface area contributed by atoms with Gasteiger partial charge in [0.05, 0.1) is 17.9 Å². The molecule has 0 fully saturated rings. The van der Waals surface area contributed by atoms with Gasteiger partial charge in [0.2, 0.25) is 5.91 Å². The Balaban J connectivity index is 1.25. The van der Waals surface area contributed by atoms with E-state index >= 15 is 0 Å². The number of fused-ring (bicyclic) bond motifs is 2. The zero-order valence-electron chi connectivity index (χ0n) is 18.3. The number of carbonyl (C=O) groups excluding carboxylic acids is 2. The van der Waals surface area contributed by atoms with Crippen molar-refractivity contribution in [2.24, 2.45) is 0 Å². The second-order valence-corrected chi connectivity index (χ2v) is 9.40. The van der Waals surface area contributed by atoms with E-state index in [0.717, 1.165) is 17.7 Å². The van der Waals surface area contributed by atoms with Crippen LogP contribution in [0.25, 0.3) is 0 Å². The minimum atomic E-state index is -0.470. The normalized spacial score (nSPS) is 14.2. The molecule has 5 rings (SSSR count). The lowest BCUT2D eigenvalue weighted by molar-refractivity contribution is -0.116. The predicted octanol–water partition coefficient (Wildman–Crippen LogP) is 5.24. The standard InChI is InChI=1S/C26H22ClNO5S/c27-20-11-18-13-31-16-33-25(18)19(12-20)14-32-26(30)21-6-2-4-8-23(21)34-15-24(29)28-10-9-17-5-1-3-7-22(17)28/h1-8,11-12H,9-10,13-16H2. The highest BCUT2D eigenvalue weighted by Gasteiger charge is 2.25. The van der Waals surface area contributed by atoms with Crippen LogP contribution in [-0.4, -0.2) is 31.0 Å². The summed E-state index contributed by atoms with van der Waals surface area (Å²) in [7, 11) is 0. The number of nitrogens with zero attached hydrogens (tertiary/aromatic N) is 1. The van der Waals surface area contributed by atoms with Gasteiger partial charge in [0.1, 0.15) is 12.4 Å². The first-order valence-corrected chi connectivity index (χ1v) is 12.3. The van der Waals surface area contributed by atoms with Crippen molar-refractivity contribution >= 4 is 40.9 Å². The molecule has 0 bridgehead atoms. The average molecular weight is 496 g/mol. The quantitative estimate of drug-likeness (QED) is 0.344. The van der Waals surface area contributed by atoms with Crippen LogP contribution in [0.3, 0.4) is 0 Å². The number of benzene rings is 3. The van der Waals surface area contributed by atoms with Gasteiger partial charge in [0.25, 0.3) is 0 Å². The summed E-state index contributed by atoms with van der Waals surface area (Å²) in [4.78, 5) is 28.3. The summed E-state index contributed by atoms with van der Waals surface area (Å²) in [5.41, 5.74) is 4.08. The summed E-state index contributed by atoms with van der Waals surface area (Å²) in [6.07, 6.45) is 0.860. The first-order chi connectivity index (χ1) is 16.6. The van der Waals surface area contributed by atoms with Crippen molar-refractivity contribution in [3.8, 4) is 5.75 Å². The Bertz CT molecular complexity index is 1250. The Hall–Kier alpha value is -3.00. The van der Waals surface area contributed by atoms with Gasteiger partial charge in [-0.15, -0.1) is 11.8 Å². The van der Waals surface area contributed by atoms with Gasteiger partial charge >= 0.3 is 5.97 Å². The van der Waals surface area contributed by atoms with Gasteiger partial charge in [-0.05, 0) is 42.3 Å². The van der Waals surface area contributed by atoms with E-state index in [1.807, 2.05) is 35.2 Å². The fraction of sp³-hybridized carbons (Fsp3) is 0.231. The minimum Gasteiger partial charge on any atom is -0.467 e. The molecule has 8 heteroatoms. The first-order valence-electron chi connectivity index (χ1n) is 10.9. The summed E-state index contributed by atoms with van der Waals surface area (Å²) < 4.78 is 16.5. The molecule has 2 aliphatic rings. The van der Waals surface area contributed by atoms with Crippen LogP contribution in [0.4, 0.5) is 5.69 Å². The summed E-state index contributed by atoms with van der Waals surface area (Å²) in [6, 6.07) is 18.6. The summed E-state index contributed by atoms with van der Waals surface area (Å²) in [5.74, 6) is 0.419. The topological polar surface area (TPSA) is 65.1 Å². The number of hydrogen-bond acceptors (Lipinski definition) is 6. The molecule has 6 nitrogen and oxygen atoms in total. The molecule has 0 saturated heterocycles. The van der Waals surface area contributed by atoms with Crippen LogP contribution in [0.2, 0.25) is 5.02 Å². The first kappa shape index (κ1) is 22.8. The molecular weight excluding hydrogens is 474 g/mol. The largest absolute Gasteiger partial charge is 0.467 e. The maximum atomic E-state index is 12.9. The van der Waals surface area contributed by atoms with Crippen molar-refractivity contribution in [1.82, 2.24) is 0 Å². The van der Waals surface area contributed by atoms with E-state index in [9.17, 15) is 9.59 Å². The molecule has 2 aliphatic heterocycles. The van der Waals surface area contributed by atoms with Crippen LogP contribution < -0.4 is 9.64 Å². The Morgan fingerprint density at radius 3 is 2.79 bits per heavy atom. The molecule has 0 unspecified atom stereocenters. The zero-order valence-corrected chi connectivity index (χ0v) is 19.9. The van der Waals surface area contributed by atoms with E-state index in [4.69, 9.17) is 25.8 Å². The molecule has 34 heavy (non-hydrogen) atoms. The lowest BCUT2D eigenvalue weighted by Gasteiger charge is -2.21. The van der Waals surface area contributed by atoms with Crippen molar-refractivity contribution in [2.75, 3.05) is 24.0 Å². The molecule has 0 atom stereocenters. The summed E-state index contributed by atoms with van der Waals surface area (Å²) in [5, 5.41) is 0.525. The van der Waals surface area contributed by atoms with Crippen LogP contribution in [0, 0.1) is 0 Å². The Morgan fingerprint density at radius 1 is 1.06 bits per heavy atom. The Labute approximate surface area is 206 Å². The van der Waals surface area contributed by atoms with Gasteiger partial charge in [-0.2, -0.15) is 0 Å².